The molecule has 2 rings (SSSR count). The fourth-order valence-corrected chi connectivity index (χ4v) is 1.84. The zero-order valence-electron chi connectivity index (χ0n) is 11.5. The van der Waals surface area contributed by atoms with Crippen LogP contribution in [0.1, 0.15) is 27.2 Å². The van der Waals surface area contributed by atoms with Crippen molar-refractivity contribution in [1.82, 2.24) is 14.9 Å². The van der Waals surface area contributed by atoms with Gasteiger partial charge in [-0.05, 0) is 20.8 Å². The number of aromatic nitrogens is 2. The molecular formula is C13H19N3O3. The summed E-state index contributed by atoms with van der Waals surface area (Å²) in [5.74, 6) is 0.533. The monoisotopic (exact) mass is 265 g/mol. The highest BCUT2D eigenvalue weighted by atomic mass is 16.6. The number of carbonyl (C=O) groups is 1. The lowest BCUT2D eigenvalue weighted by Gasteiger charge is -2.24. The molecule has 0 aromatic carbocycles. The maximum atomic E-state index is 11.9. The van der Waals surface area contributed by atoms with Crippen molar-refractivity contribution in [3.63, 3.8) is 0 Å². The molecule has 0 spiro atoms. The van der Waals surface area contributed by atoms with Crippen LogP contribution in [0.2, 0.25) is 0 Å². The minimum atomic E-state index is -0.470. The third kappa shape index (κ3) is 4.08. The Morgan fingerprint density at radius 1 is 1.47 bits per heavy atom. The van der Waals surface area contributed by atoms with Crippen molar-refractivity contribution < 1.29 is 14.3 Å². The van der Waals surface area contributed by atoms with Gasteiger partial charge in [0.05, 0.1) is 6.54 Å². The second-order valence-electron chi connectivity index (χ2n) is 5.50. The van der Waals surface area contributed by atoms with Gasteiger partial charge in [-0.3, -0.25) is 0 Å². The molecule has 2 heterocycles. The van der Waals surface area contributed by atoms with Gasteiger partial charge < -0.3 is 14.4 Å². The normalized spacial score (nSPS) is 19.3. The summed E-state index contributed by atoms with van der Waals surface area (Å²) in [6.45, 7) is 6.74. The average Bonchev–Trinajstić information content (AvgIpc) is 2.77. The van der Waals surface area contributed by atoms with E-state index in [-0.39, 0.29) is 12.2 Å². The molecule has 0 saturated carbocycles. The average molecular weight is 265 g/mol. The molecule has 1 aliphatic rings. The Kier molecular flexibility index (Phi) is 3.87. The number of amides is 1. The minimum absolute atomic E-state index is 0.0394. The molecule has 104 valence electrons. The van der Waals surface area contributed by atoms with Crippen molar-refractivity contribution in [2.75, 3.05) is 13.1 Å². The third-order valence-corrected chi connectivity index (χ3v) is 2.64. The van der Waals surface area contributed by atoms with E-state index in [9.17, 15) is 4.79 Å². The molecule has 6 heteroatoms. The van der Waals surface area contributed by atoms with Crippen LogP contribution in [0.5, 0.6) is 5.88 Å². The first-order valence-corrected chi connectivity index (χ1v) is 6.34. The van der Waals surface area contributed by atoms with Crippen molar-refractivity contribution >= 4 is 6.09 Å². The zero-order chi connectivity index (χ0) is 13.9. The SMILES string of the molecule is CC(C)(C)OC(=O)N1CC[C@H](Oc2ccncn2)C1. The summed E-state index contributed by atoms with van der Waals surface area (Å²) in [5.41, 5.74) is -0.470. The van der Waals surface area contributed by atoms with Gasteiger partial charge in [-0.15, -0.1) is 0 Å². The maximum absolute atomic E-state index is 11.9. The molecule has 0 radical (unpaired) electrons. The van der Waals surface area contributed by atoms with Crippen molar-refractivity contribution in [3.05, 3.63) is 18.6 Å². The van der Waals surface area contributed by atoms with E-state index in [1.165, 1.54) is 6.33 Å². The fourth-order valence-electron chi connectivity index (χ4n) is 1.84. The smallest absolute Gasteiger partial charge is 0.410 e. The molecule has 1 aliphatic heterocycles. The van der Waals surface area contributed by atoms with Gasteiger partial charge in [-0.1, -0.05) is 0 Å². The summed E-state index contributed by atoms with van der Waals surface area (Å²) in [7, 11) is 0. The van der Waals surface area contributed by atoms with Crippen LogP contribution < -0.4 is 4.74 Å². The fraction of sp³-hybridized carbons (Fsp3) is 0.615. The number of hydrogen-bond acceptors (Lipinski definition) is 5. The van der Waals surface area contributed by atoms with Crippen LogP contribution in [0, 0.1) is 0 Å². The molecule has 0 bridgehead atoms. The van der Waals surface area contributed by atoms with Crippen molar-refractivity contribution in [3.8, 4) is 5.88 Å². The molecule has 0 N–H and O–H groups in total. The first kappa shape index (κ1) is 13.6. The van der Waals surface area contributed by atoms with Crippen molar-refractivity contribution in [2.45, 2.75) is 38.9 Å². The van der Waals surface area contributed by atoms with E-state index in [0.29, 0.717) is 19.0 Å². The van der Waals surface area contributed by atoms with Gasteiger partial charge in [0.25, 0.3) is 0 Å². The van der Waals surface area contributed by atoms with E-state index < -0.39 is 5.60 Å². The summed E-state index contributed by atoms with van der Waals surface area (Å²) in [6, 6.07) is 1.70. The predicted octanol–water partition coefficient (Wildman–Crippen LogP) is 1.86. The lowest BCUT2D eigenvalue weighted by molar-refractivity contribution is 0.0275. The van der Waals surface area contributed by atoms with E-state index in [0.717, 1.165) is 6.42 Å². The van der Waals surface area contributed by atoms with Crippen LogP contribution in [0.3, 0.4) is 0 Å². The Balaban J connectivity index is 1.85. The van der Waals surface area contributed by atoms with Gasteiger partial charge >= 0.3 is 6.09 Å². The summed E-state index contributed by atoms with van der Waals surface area (Å²) in [5, 5.41) is 0. The summed E-state index contributed by atoms with van der Waals surface area (Å²) in [4.78, 5) is 21.4. The quantitative estimate of drug-likeness (QED) is 0.816. The molecule has 1 aromatic rings. The van der Waals surface area contributed by atoms with Crippen LogP contribution in [0.25, 0.3) is 0 Å². The van der Waals surface area contributed by atoms with Gasteiger partial charge in [0.2, 0.25) is 5.88 Å². The first-order valence-electron chi connectivity index (χ1n) is 6.34. The van der Waals surface area contributed by atoms with Gasteiger partial charge in [-0.2, -0.15) is 0 Å². The van der Waals surface area contributed by atoms with E-state index in [1.807, 2.05) is 20.8 Å². The minimum Gasteiger partial charge on any atom is -0.472 e. The van der Waals surface area contributed by atoms with E-state index >= 15 is 0 Å². The molecular weight excluding hydrogens is 246 g/mol. The predicted molar refractivity (Wildman–Crippen MR) is 68.9 cm³/mol. The van der Waals surface area contributed by atoms with Crippen LogP contribution >= 0.6 is 0 Å². The molecule has 1 aromatic heterocycles. The Morgan fingerprint density at radius 3 is 2.89 bits per heavy atom. The topological polar surface area (TPSA) is 64.5 Å². The third-order valence-electron chi connectivity index (χ3n) is 2.64. The summed E-state index contributed by atoms with van der Waals surface area (Å²) >= 11 is 0. The number of nitrogens with zero attached hydrogens (tertiary/aromatic N) is 3. The summed E-state index contributed by atoms with van der Waals surface area (Å²) in [6.07, 6.45) is 3.52. The first-order chi connectivity index (χ1) is 8.94. The highest BCUT2D eigenvalue weighted by Gasteiger charge is 2.30. The number of ether oxygens (including phenoxy) is 2. The van der Waals surface area contributed by atoms with Crippen LogP contribution in [0.4, 0.5) is 4.79 Å². The van der Waals surface area contributed by atoms with Gasteiger partial charge in [-0.25, -0.2) is 14.8 Å². The molecule has 1 atom stereocenters. The second-order valence-corrected chi connectivity index (χ2v) is 5.50. The van der Waals surface area contributed by atoms with Crippen molar-refractivity contribution in [2.24, 2.45) is 0 Å². The Bertz CT molecular complexity index is 431. The van der Waals surface area contributed by atoms with Gasteiger partial charge in [0, 0.05) is 25.2 Å². The number of likely N-dealkylation sites (tertiary alicyclic amines) is 1. The molecule has 1 saturated heterocycles. The molecule has 0 aliphatic carbocycles. The molecule has 1 fully saturated rings. The number of carbonyl (C=O) groups excluding carboxylic acids is 1. The van der Waals surface area contributed by atoms with Gasteiger partial charge in [0.1, 0.15) is 18.0 Å². The van der Waals surface area contributed by atoms with E-state index in [4.69, 9.17) is 9.47 Å². The number of rotatable bonds is 2. The molecule has 6 nitrogen and oxygen atoms in total. The second kappa shape index (κ2) is 5.42. The van der Waals surface area contributed by atoms with Crippen molar-refractivity contribution in [1.29, 1.82) is 0 Å². The van der Waals surface area contributed by atoms with Crippen LogP contribution in [-0.4, -0.2) is 45.8 Å². The Labute approximate surface area is 112 Å². The van der Waals surface area contributed by atoms with E-state index in [2.05, 4.69) is 9.97 Å². The lowest BCUT2D eigenvalue weighted by Crippen LogP contribution is -2.36. The molecule has 1 amide bonds. The van der Waals surface area contributed by atoms with Crippen LogP contribution in [0.15, 0.2) is 18.6 Å². The largest absolute Gasteiger partial charge is 0.472 e. The highest BCUT2D eigenvalue weighted by Crippen LogP contribution is 2.18. The van der Waals surface area contributed by atoms with Gasteiger partial charge in [0.15, 0.2) is 0 Å². The van der Waals surface area contributed by atoms with E-state index in [1.54, 1.807) is 17.2 Å². The Hall–Kier alpha value is -1.85. The molecule has 0 unspecified atom stereocenters. The standard InChI is InChI=1S/C13H19N3O3/c1-13(2,3)19-12(17)16-7-5-10(8-16)18-11-4-6-14-9-15-11/h4,6,9-10H,5,7-8H2,1-3H3/t10-/m0/s1. The summed E-state index contributed by atoms with van der Waals surface area (Å²) < 4.78 is 11.0. The maximum Gasteiger partial charge on any atom is 0.410 e. The van der Waals surface area contributed by atoms with Crippen LogP contribution in [-0.2, 0) is 4.74 Å². The Morgan fingerprint density at radius 2 is 2.26 bits per heavy atom. The number of hydrogen-bond donors (Lipinski definition) is 0. The zero-order valence-corrected chi connectivity index (χ0v) is 11.5. The highest BCUT2D eigenvalue weighted by molar-refractivity contribution is 5.68. The molecule has 19 heavy (non-hydrogen) atoms. The lowest BCUT2D eigenvalue weighted by atomic mass is 10.2.